The maximum atomic E-state index is 5.61. The van der Waals surface area contributed by atoms with Crippen LogP contribution >= 0.6 is 14.1 Å². The normalized spacial score (nSPS) is 16.6. The molecule has 0 N–H and O–H groups in total. The molecule has 1 rings (SSSR count). The van der Waals surface area contributed by atoms with Crippen molar-refractivity contribution in [3.8, 4) is 0 Å². The SMILES string of the molecule is CC(C)P(C=C1[N-]C=C[N-]C1=CP(=N[Si](C)(C)C)(C(C)C)C(C)C)(=N[Si](C)(C)C)C(C)C.[Cl-].[Cl-].[Sn+2].[Sn+2]. The maximum Gasteiger partial charge on any atom is 2.00 e. The minimum atomic E-state index is -1.73. The van der Waals surface area contributed by atoms with Crippen molar-refractivity contribution in [1.29, 1.82) is 0 Å². The molecule has 0 aromatic carbocycles. The molecule has 0 bridgehead atoms. The van der Waals surface area contributed by atoms with E-state index >= 15 is 0 Å². The second-order valence-electron chi connectivity index (χ2n) is 12.1. The first-order valence-corrected chi connectivity index (χ1v) is 22.9. The molecule has 0 spiro atoms. The Hall–Kier alpha value is 1.89. The smallest absolute Gasteiger partial charge is 1.00 e. The molecule has 0 aromatic heterocycles. The molecule has 0 aliphatic carbocycles. The first kappa shape index (κ1) is 44.9. The molecule has 0 amide bonds. The minimum absolute atomic E-state index is 0. The summed E-state index contributed by atoms with van der Waals surface area (Å²) in [6.45, 7) is 32.8. The zero-order chi connectivity index (χ0) is 25.1. The van der Waals surface area contributed by atoms with E-state index in [9.17, 15) is 0 Å². The molecule has 1 aliphatic heterocycles. The van der Waals surface area contributed by atoms with Gasteiger partial charge in [0.25, 0.3) is 0 Å². The van der Waals surface area contributed by atoms with Gasteiger partial charge < -0.3 is 44.3 Å². The van der Waals surface area contributed by atoms with Crippen LogP contribution in [0.5, 0.6) is 0 Å². The predicted molar refractivity (Wildman–Crippen MR) is 169 cm³/mol. The third-order valence-corrected chi connectivity index (χ3v) is 21.2. The summed E-state index contributed by atoms with van der Waals surface area (Å²) in [5, 5.41) is 9.76. The van der Waals surface area contributed by atoms with Gasteiger partial charge in [-0.05, 0) is 36.7 Å². The fraction of sp³-hybridized carbons (Fsp3) is 0.750. The van der Waals surface area contributed by atoms with Crippen molar-refractivity contribution in [3.63, 3.8) is 0 Å². The van der Waals surface area contributed by atoms with E-state index in [-0.39, 0.29) is 72.6 Å². The molecule has 12 heteroatoms. The number of rotatable bonds is 8. The average molecular weight is 821 g/mol. The monoisotopic (exact) mass is 822 g/mol. The minimum Gasteiger partial charge on any atom is -1.00 e. The van der Waals surface area contributed by atoms with Crippen LogP contribution in [-0.4, -0.2) is 86.9 Å². The van der Waals surface area contributed by atoms with Gasteiger partial charge in [-0.1, -0.05) is 106 Å². The number of hydrogen-bond donors (Lipinski definition) is 0. The van der Waals surface area contributed by atoms with Gasteiger partial charge in [-0.2, -0.15) is 12.4 Å². The molecule has 0 atom stereocenters. The molecule has 1 aliphatic rings. The van der Waals surface area contributed by atoms with Crippen LogP contribution in [0.3, 0.4) is 0 Å². The van der Waals surface area contributed by atoms with Crippen LogP contribution in [0.15, 0.2) is 44.2 Å². The molecule has 1 heterocycles. The van der Waals surface area contributed by atoms with E-state index in [1.165, 1.54) is 0 Å². The summed E-state index contributed by atoms with van der Waals surface area (Å²) in [5.41, 5.74) is 4.00. The maximum absolute atomic E-state index is 5.61. The van der Waals surface area contributed by atoms with Gasteiger partial charge in [-0.25, -0.2) is 0 Å². The van der Waals surface area contributed by atoms with Crippen molar-refractivity contribution in [3.05, 3.63) is 46.1 Å². The van der Waals surface area contributed by atoms with Crippen LogP contribution in [0.1, 0.15) is 55.4 Å². The second kappa shape index (κ2) is 17.6. The Balaban J connectivity index is -0.00000128. The summed E-state index contributed by atoms with van der Waals surface area (Å²) < 4.78 is 11.2. The van der Waals surface area contributed by atoms with Crippen LogP contribution in [0.2, 0.25) is 39.3 Å². The zero-order valence-electron chi connectivity index (χ0n) is 25.1. The van der Waals surface area contributed by atoms with E-state index in [4.69, 9.17) is 19.5 Å². The molecular formula is C24H50Cl2N4P2Si2Sn2. The van der Waals surface area contributed by atoms with Crippen LogP contribution in [0.25, 0.3) is 10.6 Å². The Labute approximate surface area is 273 Å². The molecule has 4 nitrogen and oxygen atoms in total. The van der Waals surface area contributed by atoms with E-state index in [2.05, 4.69) is 106 Å². The van der Waals surface area contributed by atoms with Gasteiger partial charge in [0, 0.05) is 0 Å². The van der Waals surface area contributed by atoms with Crippen LogP contribution in [0.4, 0.5) is 0 Å². The summed E-state index contributed by atoms with van der Waals surface area (Å²) in [6.07, 6.45) is 3.68. The Morgan fingerprint density at radius 2 is 0.806 bits per heavy atom. The molecule has 4 radical (unpaired) electrons. The fourth-order valence-electron chi connectivity index (χ4n) is 4.30. The van der Waals surface area contributed by atoms with Gasteiger partial charge in [-0.15, -0.1) is 11.4 Å². The Morgan fingerprint density at radius 3 is 0.972 bits per heavy atom. The van der Waals surface area contributed by atoms with Gasteiger partial charge >= 0.3 is 47.8 Å². The first-order chi connectivity index (χ1) is 14.4. The molecule has 0 fully saturated rings. The van der Waals surface area contributed by atoms with Crippen molar-refractivity contribution < 1.29 is 24.8 Å². The predicted octanol–water partition coefficient (Wildman–Crippen LogP) is 3.85. The Kier molecular flexibility index (Phi) is 22.0. The largest absolute Gasteiger partial charge is 2.00 e. The summed E-state index contributed by atoms with van der Waals surface area (Å²) in [5.74, 6) is 4.90. The van der Waals surface area contributed by atoms with Crippen molar-refractivity contribution in [1.82, 2.24) is 0 Å². The standard InChI is InChI=1S/C24H50N4P2Si2.2ClH.2Sn/c1-19(2)29(20(3)4,27-31(9,10)11)17-23-24(26-16-15-25-23)18-30(21(5)6,22(7)8)28-32(12,13)14;;;;/h15-22H,1-14H3;2*1H;;/q-2;;;2*+2/p-2. The Morgan fingerprint density at radius 1 is 0.583 bits per heavy atom. The summed E-state index contributed by atoms with van der Waals surface area (Å²) in [6, 6.07) is 0. The van der Waals surface area contributed by atoms with Gasteiger partial charge in [0.15, 0.2) is 16.5 Å². The molecule has 0 saturated carbocycles. The second-order valence-corrected chi connectivity index (χ2v) is 30.2. The zero-order valence-corrected chi connectivity index (χ0v) is 36.1. The molecule has 36 heavy (non-hydrogen) atoms. The summed E-state index contributed by atoms with van der Waals surface area (Å²) >= 11 is 0. The first-order valence-electron chi connectivity index (χ1n) is 12.1. The third kappa shape index (κ3) is 12.6. The van der Waals surface area contributed by atoms with Crippen LogP contribution in [-0.2, 0) is 0 Å². The third-order valence-electron chi connectivity index (χ3n) is 5.67. The van der Waals surface area contributed by atoms with Gasteiger partial charge in [0.2, 0.25) is 0 Å². The number of nitrogens with zero attached hydrogens (tertiary/aromatic N) is 4. The Bertz CT molecular complexity index is 780. The van der Waals surface area contributed by atoms with Crippen molar-refractivity contribution in [2.45, 2.75) is 117 Å². The quantitative estimate of drug-likeness (QED) is 0.264. The molecule has 206 valence electrons. The summed E-state index contributed by atoms with van der Waals surface area (Å²) in [7, 11) is -6.72. The van der Waals surface area contributed by atoms with E-state index in [1.807, 2.05) is 12.4 Å². The van der Waals surface area contributed by atoms with E-state index in [0.717, 1.165) is 11.4 Å². The van der Waals surface area contributed by atoms with E-state index in [0.29, 0.717) is 22.6 Å². The van der Waals surface area contributed by atoms with Crippen molar-refractivity contribution in [2.75, 3.05) is 0 Å². The molecular weight excluding hydrogens is 771 g/mol. The fourth-order valence-corrected chi connectivity index (χ4v) is 21.5. The van der Waals surface area contributed by atoms with Crippen LogP contribution < -0.4 is 24.8 Å². The molecule has 0 aromatic rings. The van der Waals surface area contributed by atoms with Gasteiger partial charge in [-0.3, -0.25) is 0 Å². The van der Waals surface area contributed by atoms with E-state index < -0.39 is 30.6 Å². The number of hydrogen-bond acceptors (Lipinski definition) is 2. The molecule has 0 saturated heterocycles. The van der Waals surface area contributed by atoms with Crippen LogP contribution in [0, 0.1) is 0 Å². The van der Waals surface area contributed by atoms with E-state index in [1.54, 1.807) is 0 Å². The summed E-state index contributed by atoms with van der Waals surface area (Å²) in [4.78, 5) is 0. The van der Waals surface area contributed by atoms with Gasteiger partial charge in [0.1, 0.15) is 0 Å². The van der Waals surface area contributed by atoms with Crippen molar-refractivity contribution >= 4 is 78.4 Å². The average Bonchev–Trinajstić information content (AvgIpc) is 2.58. The van der Waals surface area contributed by atoms with Crippen molar-refractivity contribution in [2.24, 2.45) is 8.82 Å². The number of halogens is 2. The topological polar surface area (TPSA) is 52.9 Å². The molecule has 0 unspecified atom stereocenters. The van der Waals surface area contributed by atoms with Gasteiger partial charge in [0.05, 0.1) is 0 Å².